The quantitative estimate of drug-likeness (QED) is 0.325. The van der Waals surface area contributed by atoms with Crippen LogP contribution in [0.1, 0.15) is 44.7 Å². The van der Waals surface area contributed by atoms with Gasteiger partial charge < -0.3 is 9.64 Å². The van der Waals surface area contributed by atoms with Gasteiger partial charge in [-0.25, -0.2) is 0 Å². The van der Waals surface area contributed by atoms with E-state index in [2.05, 4.69) is 19.9 Å². The number of unbranched alkanes of at least 4 members (excludes halogenated alkanes) is 1. The van der Waals surface area contributed by atoms with Crippen LogP contribution in [-0.2, 0) is 9.59 Å². The molecule has 0 aliphatic carbocycles. The first kappa shape index (κ1) is 26.7. The molecule has 8 heteroatoms. The summed E-state index contributed by atoms with van der Waals surface area (Å²) in [5.74, 6) is 0.335. The van der Waals surface area contributed by atoms with E-state index in [1.165, 1.54) is 0 Å². The number of benzene rings is 2. The Hall–Kier alpha value is -4.33. The van der Waals surface area contributed by atoms with Gasteiger partial charge in [0, 0.05) is 35.3 Å². The molecule has 0 saturated heterocycles. The molecular formula is C30H27ClN4O3. The maximum Gasteiger partial charge on any atom is 0.272 e. The molecule has 2 aliphatic rings. The highest BCUT2D eigenvalue weighted by Crippen LogP contribution is 2.41. The average Bonchev–Trinajstić information content (AvgIpc) is 3.23. The van der Waals surface area contributed by atoms with Gasteiger partial charge in [-0.1, -0.05) is 50.9 Å². The van der Waals surface area contributed by atoms with Gasteiger partial charge in [-0.15, -0.1) is 0 Å². The lowest BCUT2D eigenvalue weighted by Crippen LogP contribution is -2.43. The highest BCUT2D eigenvalue weighted by Gasteiger charge is 2.37. The molecule has 2 aromatic rings. The highest BCUT2D eigenvalue weighted by molar-refractivity contribution is 6.31. The fourth-order valence-corrected chi connectivity index (χ4v) is 4.58. The minimum absolute atomic E-state index is 0.114. The predicted octanol–water partition coefficient (Wildman–Crippen LogP) is 5.98. The van der Waals surface area contributed by atoms with Gasteiger partial charge >= 0.3 is 0 Å². The Labute approximate surface area is 227 Å². The lowest BCUT2D eigenvalue weighted by atomic mass is 9.87. The molecule has 0 radical (unpaired) electrons. The van der Waals surface area contributed by atoms with Crippen molar-refractivity contribution in [3.63, 3.8) is 0 Å². The van der Waals surface area contributed by atoms with E-state index in [-0.39, 0.29) is 23.3 Å². The van der Waals surface area contributed by atoms with E-state index in [0.717, 1.165) is 17.0 Å². The number of rotatable bonds is 7. The van der Waals surface area contributed by atoms with E-state index in [9.17, 15) is 20.1 Å². The van der Waals surface area contributed by atoms with Gasteiger partial charge in [0.15, 0.2) is 5.75 Å². The number of allylic oxidation sites excluding steroid dienone is 2. The molecule has 0 saturated carbocycles. The second kappa shape index (κ2) is 11.4. The maximum absolute atomic E-state index is 13.7. The van der Waals surface area contributed by atoms with E-state index < -0.39 is 11.8 Å². The molecule has 192 valence electrons. The van der Waals surface area contributed by atoms with Crippen molar-refractivity contribution in [2.75, 3.05) is 18.0 Å². The number of fused-ring (bicyclic) bond motifs is 1. The first-order valence-electron chi connectivity index (χ1n) is 12.5. The number of hydrogen-bond donors (Lipinski definition) is 0. The standard InChI is InChI=1S/C30H27ClN4O3/c1-4-5-14-34-29(36)23(28(24(17-33)30(34)37)21-8-6-20(16-32)7-9-21)11-13-27-35(18-19(2)3)25-12-10-22(31)15-26(25)38-27/h6-13,15,19H,4-5,14,18H2,1-3H3/b23-11-,27-13-. The summed E-state index contributed by atoms with van der Waals surface area (Å²) in [6.45, 7) is 7.04. The second-order valence-electron chi connectivity index (χ2n) is 9.47. The summed E-state index contributed by atoms with van der Waals surface area (Å²) in [5.41, 5.74) is 2.13. The van der Waals surface area contributed by atoms with Crippen molar-refractivity contribution in [1.82, 2.24) is 4.90 Å². The van der Waals surface area contributed by atoms with E-state index in [1.807, 2.05) is 24.0 Å². The van der Waals surface area contributed by atoms with Gasteiger partial charge in [0.2, 0.25) is 5.88 Å². The zero-order valence-corrected chi connectivity index (χ0v) is 22.2. The van der Waals surface area contributed by atoms with Crippen molar-refractivity contribution >= 4 is 34.7 Å². The Balaban J connectivity index is 1.87. The van der Waals surface area contributed by atoms with Crippen LogP contribution < -0.4 is 9.64 Å². The molecule has 2 heterocycles. The monoisotopic (exact) mass is 526 g/mol. The molecule has 0 aromatic heterocycles. The third-order valence-corrected chi connectivity index (χ3v) is 6.47. The maximum atomic E-state index is 13.7. The SMILES string of the molecule is CCCCN1C(=O)C(C#N)=C(c2ccc(C#N)cc2)/C(=C/C=C2\Oc3cc(Cl)ccc3N2CC(C)C)C1=O. The number of hydrogen-bond acceptors (Lipinski definition) is 6. The number of carbonyl (C=O) groups is 2. The Morgan fingerprint density at radius 3 is 2.37 bits per heavy atom. The van der Waals surface area contributed by atoms with Crippen LogP contribution in [0.15, 0.2) is 71.6 Å². The molecule has 0 spiro atoms. The van der Waals surface area contributed by atoms with Crippen LogP contribution >= 0.6 is 11.6 Å². The number of halogens is 1. The number of imide groups is 1. The molecule has 2 amide bonds. The van der Waals surface area contributed by atoms with E-state index in [4.69, 9.17) is 16.3 Å². The topological polar surface area (TPSA) is 97.4 Å². The number of carbonyl (C=O) groups excluding carboxylic acids is 2. The van der Waals surface area contributed by atoms with Crippen molar-refractivity contribution in [3.8, 4) is 17.9 Å². The van der Waals surface area contributed by atoms with Gasteiger partial charge in [0.05, 0.1) is 17.3 Å². The summed E-state index contributed by atoms with van der Waals surface area (Å²) < 4.78 is 6.11. The van der Waals surface area contributed by atoms with Crippen molar-refractivity contribution in [1.29, 1.82) is 10.5 Å². The Morgan fingerprint density at radius 2 is 1.74 bits per heavy atom. The molecule has 38 heavy (non-hydrogen) atoms. The van der Waals surface area contributed by atoms with Crippen LogP contribution in [0.5, 0.6) is 5.75 Å². The fourth-order valence-electron chi connectivity index (χ4n) is 4.42. The molecule has 7 nitrogen and oxygen atoms in total. The lowest BCUT2D eigenvalue weighted by Gasteiger charge is -2.28. The average molecular weight is 527 g/mol. The minimum atomic E-state index is -0.615. The number of anilines is 1. The molecule has 2 aromatic carbocycles. The van der Waals surface area contributed by atoms with Gasteiger partial charge in [-0.3, -0.25) is 14.5 Å². The van der Waals surface area contributed by atoms with Gasteiger partial charge in [0.25, 0.3) is 11.8 Å². The normalized spacial score (nSPS) is 17.2. The third kappa shape index (κ3) is 5.20. The van der Waals surface area contributed by atoms with Crippen molar-refractivity contribution < 1.29 is 14.3 Å². The van der Waals surface area contributed by atoms with Gasteiger partial charge in [-0.2, -0.15) is 10.5 Å². The van der Waals surface area contributed by atoms with Crippen LogP contribution in [0.3, 0.4) is 0 Å². The summed E-state index contributed by atoms with van der Waals surface area (Å²) in [6, 6.07) is 16.0. The van der Waals surface area contributed by atoms with E-state index in [1.54, 1.807) is 48.6 Å². The predicted molar refractivity (Wildman–Crippen MR) is 146 cm³/mol. The van der Waals surface area contributed by atoms with E-state index >= 15 is 0 Å². The number of amides is 2. The van der Waals surface area contributed by atoms with E-state index in [0.29, 0.717) is 46.7 Å². The Morgan fingerprint density at radius 1 is 1.00 bits per heavy atom. The largest absolute Gasteiger partial charge is 0.439 e. The molecule has 0 bridgehead atoms. The molecule has 0 fully saturated rings. The minimum Gasteiger partial charge on any atom is -0.439 e. The zero-order valence-electron chi connectivity index (χ0n) is 21.5. The molecule has 2 aliphatic heterocycles. The van der Waals surface area contributed by atoms with Gasteiger partial charge in [0.1, 0.15) is 11.6 Å². The molecule has 4 rings (SSSR count). The molecule has 0 N–H and O–H groups in total. The lowest BCUT2D eigenvalue weighted by molar-refractivity contribution is -0.140. The van der Waals surface area contributed by atoms with Crippen molar-refractivity contribution in [2.45, 2.75) is 33.6 Å². The number of nitrogens with zero attached hydrogens (tertiary/aromatic N) is 4. The van der Waals surface area contributed by atoms with Crippen LogP contribution in [-0.4, -0.2) is 29.8 Å². The molecule has 0 unspecified atom stereocenters. The Kier molecular flexibility index (Phi) is 8.00. The summed E-state index contributed by atoms with van der Waals surface area (Å²) in [4.78, 5) is 30.0. The van der Waals surface area contributed by atoms with Crippen LogP contribution in [0.25, 0.3) is 5.57 Å². The number of nitriles is 2. The second-order valence-corrected chi connectivity index (χ2v) is 9.91. The van der Waals surface area contributed by atoms with Crippen LogP contribution in [0, 0.1) is 28.6 Å². The van der Waals surface area contributed by atoms with Crippen LogP contribution in [0.4, 0.5) is 5.69 Å². The smallest absolute Gasteiger partial charge is 0.272 e. The van der Waals surface area contributed by atoms with Crippen LogP contribution in [0.2, 0.25) is 5.02 Å². The summed E-state index contributed by atoms with van der Waals surface area (Å²) in [7, 11) is 0. The third-order valence-electron chi connectivity index (χ3n) is 6.24. The van der Waals surface area contributed by atoms with Crippen molar-refractivity contribution in [3.05, 3.63) is 87.8 Å². The first-order valence-corrected chi connectivity index (χ1v) is 12.8. The summed E-state index contributed by atoms with van der Waals surface area (Å²) in [6.07, 6.45) is 4.70. The number of ether oxygens (including phenoxy) is 1. The van der Waals surface area contributed by atoms with Crippen molar-refractivity contribution in [2.24, 2.45) is 5.92 Å². The summed E-state index contributed by atoms with van der Waals surface area (Å²) in [5, 5.41) is 19.7. The highest BCUT2D eigenvalue weighted by atomic mass is 35.5. The first-order chi connectivity index (χ1) is 18.3. The van der Waals surface area contributed by atoms with Gasteiger partial charge in [-0.05, 0) is 54.3 Å². The Bertz CT molecular complexity index is 1460. The molecule has 0 atom stereocenters. The summed E-state index contributed by atoms with van der Waals surface area (Å²) >= 11 is 6.19. The molecular weight excluding hydrogens is 500 g/mol. The fraction of sp³-hybridized carbons (Fsp3) is 0.267. The zero-order chi connectivity index (χ0) is 27.4.